The van der Waals surface area contributed by atoms with Gasteiger partial charge in [0.15, 0.2) is 11.5 Å². The molecule has 0 aliphatic carbocycles. The van der Waals surface area contributed by atoms with Crippen LogP contribution in [0.4, 0.5) is 0 Å². The summed E-state index contributed by atoms with van der Waals surface area (Å²) in [6.45, 7) is 3.80. The summed E-state index contributed by atoms with van der Waals surface area (Å²) in [6.07, 6.45) is 2.57. The Labute approximate surface area is 146 Å². The molecular weight excluding hydrogens is 328 g/mol. The molecule has 0 saturated carbocycles. The Morgan fingerprint density at radius 3 is 2.42 bits per heavy atom. The molecule has 0 aromatic heterocycles. The van der Waals surface area contributed by atoms with Crippen molar-refractivity contribution in [1.29, 1.82) is 0 Å². The lowest BCUT2D eigenvalue weighted by Gasteiger charge is -2.18. The SMILES string of the molecule is CC1=C(N=CC(C)Cc2cc(CO)cc(CO)c2)C(Cl)N=C(N)N1. The van der Waals surface area contributed by atoms with E-state index in [2.05, 4.69) is 15.3 Å². The van der Waals surface area contributed by atoms with Gasteiger partial charge in [0.25, 0.3) is 0 Å². The van der Waals surface area contributed by atoms with Gasteiger partial charge in [-0.05, 0) is 36.0 Å². The lowest BCUT2D eigenvalue weighted by Crippen LogP contribution is -2.35. The Balaban J connectivity index is 2.08. The van der Waals surface area contributed by atoms with Gasteiger partial charge < -0.3 is 21.3 Å². The number of nitrogens with two attached hydrogens (primary N) is 1. The molecule has 1 aromatic carbocycles. The van der Waals surface area contributed by atoms with E-state index in [1.807, 2.05) is 32.2 Å². The zero-order valence-electron chi connectivity index (χ0n) is 13.8. The molecule has 24 heavy (non-hydrogen) atoms. The lowest BCUT2D eigenvalue weighted by molar-refractivity contribution is 0.275. The first-order valence-corrected chi connectivity index (χ1v) is 8.19. The van der Waals surface area contributed by atoms with Crippen molar-refractivity contribution in [3.8, 4) is 0 Å². The summed E-state index contributed by atoms with van der Waals surface area (Å²) in [5.74, 6) is 0.440. The number of guanidine groups is 1. The molecule has 1 heterocycles. The molecule has 0 spiro atoms. The molecule has 1 aromatic rings. The summed E-state index contributed by atoms with van der Waals surface area (Å²) < 4.78 is 0. The Kier molecular flexibility index (Phi) is 6.36. The van der Waals surface area contributed by atoms with E-state index in [0.717, 1.165) is 28.8 Å². The van der Waals surface area contributed by atoms with Crippen LogP contribution >= 0.6 is 11.6 Å². The Morgan fingerprint density at radius 2 is 1.88 bits per heavy atom. The van der Waals surface area contributed by atoms with Crippen molar-refractivity contribution >= 4 is 23.8 Å². The van der Waals surface area contributed by atoms with Crippen LogP contribution in [0.3, 0.4) is 0 Å². The molecule has 2 atom stereocenters. The maximum atomic E-state index is 9.31. The number of halogens is 1. The van der Waals surface area contributed by atoms with Crippen LogP contribution in [-0.2, 0) is 19.6 Å². The van der Waals surface area contributed by atoms with Crippen LogP contribution < -0.4 is 11.1 Å². The maximum absolute atomic E-state index is 9.31. The molecule has 5 N–H and O–H groups in total. The number of allylic oxidation sites excluding steroid dienone is 1. The molecule has 7 heteroatoms. The molecule has 0 fully saturated rings. The molecule has 1 aliphatic heterocycles. The van der Waals surface area contributed by atoms with E-state index in [-0.39, 0.29) is 25.1 Å². The monoisotopic (exact) mass is 350 g/mol. The highest BCUT2D eigenvalue weighted by Crippen LogP contribution is 2.20. The summed E-state index contributed by atoms with van der Waals surface area (Å²) in [5, 5.41) is 21.5. The highest BCUT2D eigenvalue weighted by molar-refractivity contribution is 6.23. The summed E-state index contributed by atoms with van der Waals surface area (Å²) in [5.41, 5.74) is 9.10. The second-order valence-corrected chi connectivity index (χ2v) is 6.33. The third kappa shape index (κ3) is 4.80. The van der Waals surface area contributed by atoms with Crippen LogP contribution in [-0.4, -0.2) is 27.9 Å². The topological polar surface area (TPSA) is 103 Å². The fraction of sp³-hybridized carbons (Fsp3) is 0.412. The van der Waals surface area contributed by atoms with Crippen molar-refractivity contribution in [3.05, 3.63) is 46.3 Å². The number of nitrogens with zero attached hydrogens (tertiary/aromatic N) is 2. The standard InChI is InChI=1S/C17H23ClN4O2/c1-10(3-12-4-13(8-23)6-14(5-12)9-24)7-20-15-11(2)21-17(19)22-16(15)18/h4-7,10,16,23-24H,3,8-9H2,1-2H3,(H3,19,21,22). The van der Waals surface area contributed by atoms with Crippen LogP contribution in [0.2, 0.25) is 0 Å². The lowest BCUT2D eigenvalue weighted by atomic mass is 9.98. The minimum atomic E-state index is -0.589. The van der Waals surface area contributed by atoms with Gasteiger partial charge in [-0.25, -0.2) is 4.99 Å². The van der Waals surface area contributed by atoms with Crippen molar-refractivity contribution in [2.45, 2.75) is 39.0 Å². The van der Waals surface area contributed by atoms with Gasteiger partial charge in [0.2, 0.25) is 0 Å². The van der Waals surface area contributed by atoms with Crippen LogP contribution in [0.1, 0.15) is 30.5 Å². The third-order valence-electron chi connectivity index (χ3n) is 3.68. The van der Waals surface area contributed by atoms with E-state index >= 15 is 0 Å². The van der Waals surface area contributed by atoms with Gasteiger partial charge in [0.1, 0.15) is 0 Å². The molecule has 6 nitrogen and oxygen atoms in total. The van der Waals surface area contributed by atoms with E-state index < -0.39 is 5.50 Å². The quantitative estimate of drug-likeness (QED) is 0.355. The first-order chi connectivity index (χ1) is 11.4. The van der Waals surface area contributed by atoms with E-state index in [4.69, 9.17) is 17.3 Å². The molecular formula is C17H23ClN4O2. The van der Waals surface area contributed by atoms with Gasteiger partial charge in [-0.1, -0.05) is 36.7 Å². The largest absolute Gasteiger partial charge is 0.392 e. The van der Waals surface area contributed by atoms with Crippen molar-refractivity contribution < 1.29 is 10.2 Å². The van der Waals surface area contributed by atoms with Crippen LogP contribution in [0.15, 0.2) is 39.6 Å². The number of rotatable bonds is 6. The van der Waals surface area contributed by atoms with Gasteiger partial charge in [-0.15, -0.1) is 0 Å². The fourth-order valence-corrected chi connectivity index (χ4v) is 2.91. The molecule has 0 saturated heterocycles. The molecule has 2 rings (SSSR count). The van der Waals surface area contributed by atoms with E-state index in [1.165, 1.54) is 0 Å². The first-order valence-electron chi connectivity index (χ1n) is 7.75. The van der Waals surface area contributed by atoms with Crippen molar-refractivity contribution in [1.82, 2.24) is 5.32 Å². The predicted octanol–water partition coefficient (Wildman–Crippen LogP) is 1.63. The van der Waals surface area contributed by atoms with Crippen LogP contribution in [0.25, 0.3) is 0 Å². The zero-order chi connectivity index (χ0) is 17.7. The smallest absolute Gasteiger partial charge is 0.194 e. The Morgan fingerprint density at radius 1 is 1.29 bits per heavy atom. The second-order valence-electron chi connectivity index (χ2n) is 5.92. The average molecular weight is 351 g/mol. The number of hydrogen-bond donors (Lipinski definition) is 4. The number of nitrogens with one attached hydrogen (secondary N) is 1. The third-order valence-corrected chi connectivity index (χ3v) is 3.99. The number of aliphatic imine (C=N–C) groups is 2. The van der Waals surface area contributed by atoms with Crippen LogP contribution in [0, 0.1) is 5.92 Å². The summed E-state index contributed by atoms with van der Waals surface area (Å²) in [4.78, 5) is 8.50. The highest BCUT2D eigenvalue weighted by Gasteiger charge is 2.18. The summed E-state index contributed by atoms with van der Waals surface area (Å²) in [6, 6.07) is 5.67. The number of aliphatic hydroxyl groups excluding tert-OH is 2. The first kappa shape index (κ1) is 18.4. The van der Waals surface area contributed by atoms with E-state index in [0.29, 0.717) is 5.70 Å². The number of hydrogen-bond acceptors (Lipinski definition) is 6. The molecule has 130 valence electrons. The van der Waals surface area contributed by atoms with E-state index in [9.17, 15) is 10.2 Å². The Hall–Kier alpha value is -1.89. The number of aliphatic hydroxyl groups is 2. The summed E-state index contributed by atoms with van der Waals surface area (Å²) >= 11 is 6.16. The average Bonchev–Trinajstić information content (AvgIpc) is 2.53. The van der Waals surface area contributed by atoms with Gasteiger partial charge in [-0.3, -0.25) is 4.99 Å². The fourth-order valence-electron chi connectivity index (χ4n) is 2.58. The van der Waals surface area contributed by atoms with Gasteiger partial charge in [0, 0.05) is 11.9 Å². The zero-order valence-corrected chi connectivity index (χ0v) is 14.6. The van der Waals surface area contributed by atoms with Gasteiger partial charge >= 0.3 is 0 Å². The summed E-state index contributed by atoms with van der Waals surface area (Å²) in [7, 11) is 0. The highest BCUT2D eigenvalue weighted by atomic mass is 35.5. The molecule has 0 radical (unpaired) electrons. The minimum absolute atomic E-state index is 0.0472. The maximum Gasteiger partial charge on any atom is 0.194 e. The molecule has 0 bridgehead atoms. The predicted molar refractivity (Wildman–Crippen MR) is 96.7 cm³/mol. The molecule has 2 unspecified atom stereocenters. The second kappa shape index (κ2) is 8.28. The number of alkyl halides is 1. The Bertz CT molecular complexity index is 663. The van der Waals surface area contributed by atoms with Gasteiger partial charge in [-0.2, -0.15) is 0 Å². The normalized spacial score (nSPS) is 19.4. The minimum Gasteiger partial charge on any atom is -0.392 e. The van der Waals surface area contributed by atoms with E-state index in [1.54, 1.807) is 6.07 Å². The number of benzene rings is 1. The van der Waals surface area contributed by atoms with Crippen molar-refractivity contribution in [3.63, 3.8) is 0 Å². The van der Waals surface area contributed by atoms with Crippen LogP contribution in [0.5, 0.6) is 0 Å². The van der Waals surface area contributed by atoms with Crippen molar-refractivity contribution in [2.24, 2.45) is 21.6 Å². The molecule has 0 amide bonds. The van der Waals surface area contributed by atoms with Gasteiger partial charge in [0.05, 0.1) is 18.9 Å². The van der Waals surface area contributed by atoms with Crippen molar-refractivity contribution in [2.75, 3.05) is 0 Å². The molecule has 1 aliphatic rings.